The van der Waals surface area contributed by atoms with E-state index in [-0.39, 0.29) is 12.8 Å². The number of carbonyl (C=O) groups excluding carboxylic acids is 1. The maximum atomic E-state index is 10.3. The number of carbonyl (C=O) groups is 1. The molecule has 1 aliphatic heterocycles. The Morgan fingerprint density at radius 1 is 1.70 bits per heavy atom. The van der Waals surface area contributed by atoms with E-state index >= 15 is 0 Å². The summed E-state index contributed by atoms with van der Waals surface area (Å²) < 4.78 is 0. The van der Waals surface area contributed by atoms with Gasteiger partial charge in [0.1, 0.15) is 0 Å². The van der Waals surface area contributed by atoms with Crippen molar-refractivity contribution in [1.29, 1.82) is 0 Å². The minimum atomic E-state index is 0. The van der Waals surface area contributed by atoms with Crippen LogP contribution in [0.25, 0.3) is 0 Å². The smallest absolute Gasteiger partial charge is 0.220 e. The van der Waals surface area contributed by atoms with Crippen LogP contribution in [0.3, 0.4) is 0 Å². The van der Waals surface area contributed by atoms with Gasteiger partial charge in [-0.05, 0) is 13.3 Å². The van der Waals surface area contributed by atoms with E-state index < -0.39 is 0 Å². The minimum absolute atomic E-state index is 0. The average molecular weight is 151 g/mol. The van der Waals surface area contributed by atoms with Gasteiger partial charge in [-0.3, -0.25) is 4.79 Å². The third-order valence-corrected chi connectivity index (χ3v) is 1.21. The van der Waals surface area contributed by atoms with Crippen molar-refractivity contribution in [2.75, 3.05) is 7.11 Å². The Morgan fingerprint density at radius 2 is 2.20 bits per heavy atom. The van der Waals surface area contributed by atoms with Crippen molar-refractivity contribution in [2.24, 2.45) is 0 Å². The fraction of sp³-hybridized carbons (Fsp3) is 0.833. The lowest BCUT2D eigenvalue weighted by Gasteiger charge is -1.95. The number of nitrogens with one attached hydrogen (secondary N) is 1. The Hall–Kier alpha value is -0.610. The molecular weight excluding hydrogens is 134 g/mol. The lowest BCUT2D eigenvalue weighted by atomic mass is 10.3. The molecule has 0 aliphatic carbocycles. The Labute approximate surface area is 62.0 Å². The molecule has 1 rings (SSSR count). The normalized spacial score (nSPS) is 21.9. The average Bonchev–Trinajstić information content (AvgIpc) is 2.20. The lowest BCUT2D eigenvalue weighted by molar-refractivity contribution is -0.119. The van der Waals surface area contributed by atoms with Crippen LogP contribution in [0.2, 0.25) is 0 Å². The molecule has 0 aromatic rings. The maximum Gasteiger partial charge on any atom is 0.220 e. The van der Waals surface area contributed by atoms with Gasteiger partial charge >= 0.3 is 0 Å². The van der Waals surface area contributed by atoms with E-state index in [1.807, 2.05) is 6.92 Å². The molecule has 1 fully saturated rings. The zero-order valence-corrected chi connectivity index (χ0v) is 6.35. The molecule has 0 spiro atoms. The Morgan fingerprint density at radius 3 is 2.30 bits per heavy atom. The van der Waals surface area contributed by atoms with E-state index in [1.165, 1.54) is 0 Å². The first-order chi connectivity index (χ1) is 4.29. The van der Waals surface area contributed by atoms with Gasteiger partial charge in [0, 0.05) is 21.0 Å². The zero-order chi connectivity index (χ0) is 7.28. The maximum absolute atomic E-state index is 10.3. The van der Waals surface area contributed by atoms with E-state index in [9.17, 15) is 4.79 Å². The van der Waals surface area contributed by atoms with Crippen molar-refractivity contribution < 1.29 is 16.8 Å². The second kappa shape index (κ2) is 6.51. The second-order valence-electron chi connectivity index (χ2n) is 2.01. The van der Waals surface area contributed by atoms with Crippen molar-refractivity contribution in [2.45, 2.75) is 25.8 Å². The molecule has 1 saturated heterocycles. The summed E-state index contributed by atoms with van der Waals surface area (Å²) in [5.74, 6) is 0.201. The number of hydrogen-bond acceptors (Lipinski definition) is 2. The summed E-state index contributed by atoms with van der Waals surface area (Å²) in [6.07, 6.45) is 1.74. The molecule has 0 saturated carbocycles. The lowest BCUT2D eigenvalue weighted by Crippen LogP contribution is -2.21. The molecule has 1 unspecified atom stereocenters. The fourth-order valence-electron chi connectivity index (χ4n) is 0.767. The highest BCUT2D eigenvalue weighted by Crippen LogP contribution is 2.03. The second-order valence-corrected chi connectivity index (χ2v) is 2.01. The quantitative estimate of drug-likeness (QED) is 0.480. The molecule has 1 heterocycles. The van der Waals surface area contributed by atoms with Gasteiger partial charge in [0.2, 0.25) is 5.91 Å². The fourth-order valence-corrected chi connectivity index (χ4v) is 0.767. The molecule has 0 bridgehead atoms. The number of rotatable bonds is 0. The van der Waals surface area contributed by atoms with Crippen molar-refractivity contribution in [3.63, 3.8) is 0 Å². The van der Waals surface area contributed by atoms with Gasteiger partial charge in [-0.15, -0.1) is 0 Å². The first kappa shape index (κ1) is 12.1. The molecule has 4 nitrogen and oxygen atoms in total. The van der Waals surface area contributed by atoms with Crippen LogP contribution in [0, 0.1) is 0 Å². The van der Waals surface area contributed by atoms with Crippen LogP contribution >= 0.6 is 0 Å². The monoisotopic (exact) mass is 151 g/mol. The predicted molar refractivity (Wildman–Crippen MR) is 40.7 cm³/mol. The van der Waals surface area contributed by atoms with Gasteiger partial charge in [0.05, 0.1) is 0 Å². The molecule has 10 heavy (non-hydrogen) atoms. The van der Waals surface area contributed by atoms with Crippen LogP contribution in [0.15, 0.2) is 0 Å². The predicted octanol–water partition coefficient (Wildman–Crippen LogP) is -0.685. The Kier molecular flexibility index (Phi) is 7.88. The molecule has 0 aromatic carbocycles. The van der Waals surface area contributed by atoms with Crippen molar-refractivity contribution in [3.8, 4) is 0 Å². The Bertz CT molecular complexity index is 99.8. The summed E-state index contributed by atoms with van der Waals surface area (Å²) in [4.78, 5) is 10.3. The highest BCUT2D eigenvalue weighted by atomic mass is 16.2. The third kappa shape index (κ3) is 4.29. The van der Waals surface area contributed by atoms with E-state index in [4.69, 9.17) is 5.11 Å². The summed E-state index contributed by atoms with van der Waals surface area (Å²) in [6, 6.07) is 0.424. The highest BCUT2D eigenvalue weighted by Gasteiger charge is 2.14. The van der Waals surface area contributed by atoms with Crippen LogP contribution in [0.5, 0.6) is 0 Å². The van der Waals surface area contributed by atoms with Crippen molar-refractivity contribution in [3.05, 3.63) is 0 Å². The molecule has 1 atom stereocenters. The van der Waals surface area contributed by atoms with E-state index in [0.29, 0.717) is 6.04 Å². The van der Waals surface area contributed by atoms with Gasteiger partial charge < -0.3 is 15.9 Å². The standard InChI is InChI=1S/C5H9NO.CH4O.H2O.H2/c1-4-2-3-5(7)6-4;1-2;;/h4H,2-3H2,1H3,(H,6,7);2H,1H3;1H2;1H. The van der Waals surface area contributed by atoms with E-state index in [1.54, 1.807) is 0 Å². The van der Waals surface area contributed by atoms with Gasteiger partial charge in [-0.2, -0.15) is 0 Å². The molecular formula is C6H17NO3. The van der Waals surface area contributed by atoms with Gasteiger partial charge in [0.25, 0.3) is 0 Å². The highest BCUT2D eigenvalue weighted by molar-refractivity contribution is 5.78. The van der Waals surface area contributed by atoms with Crippen LogP contribution in [0.4, 0.5) is 0 Å². The van der Waals surface area contributed by atoms with Crippen LogP contribution in [-0.4, -0.2) is 29.6 Å². The largest absolute Gasteiger partial charge is 0.412 e. The molecule has 1 amide bonds. The van der Waals surface area contributed by atoms with E-state index in [0.717, 1.165) is 20.0 Å². The van der Waals surface area contributed by atoms with E-state index in [2.05, 4.69) is 5.32 Å². The minimum Gasteiger partial charge on any atom is -0.412 e. The van der Waals surface area contributed by atoms with Crippen molar-refractivity contribution >= 4 is 5.91 Å². The van der Waals surface area contributed by atoms with Crippen LogP contribution < -0.4 is 5.32 Å². The zero-order valence-electron chi connectivity index (χ0n) is 6.35. The summed E-state index contributed by atoms with van der Waals surface area (Å²) >= 11 is 0. The molecule has 0 aromatic heterocycles. The summed E-state index contributed by atoms with van der Waals surface area (Å²) in [5.41, 5.74) is 0. The van der Waals surface area contributed by atoms with Gasteiger partial charge in [-0.25, -0.2) is 0 Å². The first-order valence-electron chi connectivity index (χ1n) is 3.03. The third-order valence-electron chi connectivity index (χ3n) is 1.21. The van der Waals surface area contributed by atoms with Gasteiger partial charge in [0.15, 0.2) is 0 Å². The molecule has 4 N–H and O–H groups in total. The van der Waals surface area contributed by atoms with Crippen molar-refractivity contribution in [1.82, 2.24) is 5.32 Å². The Balaban J connectivity index is -0.000000149. The number of amides is 1. The number of hydrogen-bond donors (Lipinski definition) is 2. The summed E-state index contributed by atoms with van der Waals surface area (Å²) in [6.45, 7) is 2.02. The number of aliphatic hydroxyl groups excluding tert-OH is 1. The summed E-state index contributed by atoms with van der Waals surface area (Å²) in [5, 5.41) is 9.78. The summed E-state index contributed by atoms with van der Waals surface area (Å²) in [7, 11) is 1.00. The van der Waals surface area contributed by atoms with Crippen LogP contribution in [-0.2, 0) is 4.79 Å². The number of aliphatic hydroxyl groups is 1. The molecule has 1 aliphatic rings. The van der Waals surface area contributed by atoms with Crippen LogP contribution in [0.1, 0.15) is 21.2 Å². The SMILES string of the molecule is CC1CCC(=O)N1.CO.O.[HH]. The molecule has 4 heteroatoms. The van der Waals surface area contributed by atoms with Gasteiger partial charge in [-0.1, -0.05) is 0 Å². The molecule has 0 radical (unpaired) electrons. The first-order valence-corrected chi connectivity index (χ1v) is 3.03. The topological polar surface area (TPSA) is 80.8 Å². The molecule has 64 valence electrons.